The number of halogens is 1. The van der Waals surface area contributed by atoms with Gasteiger partial charge in [0.1, 0.15) is 6.04 Å². The average molecular weight is 436 g/mol. The van der Waals surface area contributed by atoms with E-state index in [2.05, 4.69) is 15.5 Å². The summed E-state index contributed by atoms with van der Waals surface area (Å²) < 4.78 is 2.94. The molecule has 0 aliphatic carbocycles. The van der Waals surface area contributed by atoms with E-state index >= 15 is 0 Å². The van der Waals surface area contributed by atoms with Crippen molar-refractivity contribution in [3.63, 3.8) is 0 Å². The van der Waals surface area contributed by atoms with Gasteiger partial charge in [0, 0.05) is 11.6 Å². The zero-order chi connectivity index (χ0) is 22.1. The van der Waals surface area contributed by atoms with Crippen molar-refractivity contribution < 1.29 is 4.79 Å². The number of carbonyl (C=O) groups excluding carboxylic acids is 1. The summed E-state index contributed by atoms with van der Waals surface area (Å²) in [4.78, 5) is 25.9. The predicted octanol–water partition coefficient (Wildman–Crippen LogP) is 3.73. The van der Waals surface area contributed by atoms with Gasteiger partial charge in [-0.15, -0.1) is 0 Å². The quantitative estimate of drug-likeness (QED) is 0.518. The third-order valence-corrected chi connectivity index (χ3v) is 5.53. The van der Waals surface area contributed by atoms with Crippen molar-refractivity contribution in [1.82, 2.24) is 24.9 Å². The Hall–Kier alpha value is -3.45. The Morgan fingerprint density at radius 1 is 1.06 bits per heavy atom. The van der Waals surface area contributed by atoms with E-state index in [0.29, 0.717) is 28.2 Å². The van der Waals surface area contributed by atoms with Crippen LogP contribution in [0.2, 0.25) is 5.02 Å². The summed E-state index contributed by atoms with van der Waals surface area (Å²) in [5.41, 5.74) is 3.14. The number of rotatable bonds is 5. The van der Waals surface area contributed by atoms with Crippen molar-refractivity contribution >= 4 is 28.4 Å². The molecule has 0 spiro atoms. The van der Waals surface area contributed by atoms with Crippen LogP contribution in [0.15, 0.2) is 59.4 Å². The largest absolute Gasteiger partial charge is 0.350 e. The van der Waals surface area contributed by atoms with Crippen molar-refractivity contribution in [2.45, 2.75) is 33.4 Å². The number of nitrogens with one attached hydrogen (secondary N) is 1. The number of hydrogen-bond donors (Lipinski definition) is 1. The molecule has 0 saturated heterocycles. The fourth-order valence-corrected chi connectivity index (χ4v) is 3.71. The normalized spacial score (nSPS) is 12.1. The number of carbonyl (C=O) groups is 1. The molecule has 1 atom stereocenters. The number of aromatic nitrogens is 4. The van der Waals surface area contributed by atoms with Crippen LogP contribution in [0.4, 0.5) is 0 Å². The third-order valence-electron chi connectivity index (χ3n) is 5.27. The van der Waals surface area contributed by atoms with Gasteiger partial charge >= 0.3 is 0 Å². The molecule has 1 amide bonds. The van der Waals surface area contributed by atoms with Crippen molar-refractivity contribution in [3.05, 3.63) is 86.9 Å². The minimum Gasteiger partial charge on any atom is -0.350 e. The van der Waals surface area contributed by atoms with Gasteiger partial charge in [0.15, 0.2) is 5.52 Å². The third kappa shape index (κ3) is 3.96. The topological polar surface area (TPSA) is 81.8 Å². The summed E-state index contributed by atoms with van der Waals surface area (Å²) in [5, 5.41) is 13.2. The Kier molecular flexibility index (Phi) is 5.61. The van der Waals surface area contributed by atoms with Gasteiger partial charge in [-0.3, -0.25) is 9.59 Å². The Balaban J connectivity index is 1.66. The molecule has 4 rings (SSSR count). The molecular weight excluding hydrogens is 414 g/mol. The van der Waals surface area contributed by atoms with Crippen LogP contribution in [0.5, 0.6) is 0 Å². The van der Waals surface area contributed by atoms with Gasteiger partial charge in [0.25, 0.3) is 5.56 Å². The highest BCUT2D eigenvalue weighted by atomic mass is 35.5. The summed E-state index contributed by atoms with van der Waals surface area (Å²) in [6, 6.07) is 16.0. The van der Waals surface area contributed by atoms with Crippen LogP contribution in [0.3, 0.4) is 0 Å². The first-order chi connectivity index (χ1) is 14.9. The van der Waals surface area contributed by atoms with E-state index in [4.69, 9.17) is 11.6 Å². The maximum Gasteiger partial charge on any atom is 0.295 e. The maximum atomic E-state index is 13.2. The molecule has 0 aliphatic rings. The number of para-hydroxylation sites is 1. The van der Waals surface area contributed by atoms with Gasteiger partial charge in [-0.05, 0) is 50.6 Å². The highest BCUT2D eigenvalue weighted by Gasteiger charge is 2.23. The highest BCUT2D eigenvalue weighted by molar-refractivity contribution is 6.30. The van der Waals surface area contributed by atoms with E-state index in [9.17, 15) is 9.59 Å². The minimum absolute atomic E-state index is 0.297. The Morgan fingerprint density at radius 2 is 1.74 bits per heavy atom. The maximum absolute atomic E-state index is 13.2. The van der Waals surface area contributed by atoms with Crippen LogP contribution >= 0.6 is 11.6 Å². The van der Waals surface area contributed by atoms with E-state index in [-0.39, 0.29) is 5.91 Å². The van der Waals surface area contributed by atoms with Crippen molar-refractivity contribution in [1.29, 1.82) is 0 Å². The van der Waals surface area contributed by atoms with Gasteiger partial charge in [-0.25, -0.2) is 9.36 Å². The van der Waals surface area contributed by atoms with Crippen LogP contribution in [-0.2, 0) is 11.3 Å². The molecule has 31 heavy (non-hydrogen) atoms. The molecular formula is C23H22ClN5O2. The van der Waals surface area contributed by atoms with Crippen LogP contribution in [0.25, 0.3) is 16.6 Å². The van der Waals surface area contributed by atoms with Gasteiger partial charge in [-0.1, -0.05) is 41.9 Å². The summed E-state index contributed by atoms with van der Waals surface area (Å²) in [6.07, 6.45) is 0. The molecule has 0 saturated carbocycles. The molecule has 2 aromatic heterocycles. The molecule has 1 N–H and O–H groups in total. The van der Waals surface area contributed by atoms with Crippen molar-refractivity contribution in [2.24, 2.45) is 0 Å². The van der Waals surface area contributed by atoms with E-state index in [1.807, 2.05) is 56.3 Å². The van der Waals surface area contributed by atoms with Crippen molar-refractivity contribution in [2.75, 3.05) is 0 Å². The molecule has 7 nitrogen and oxygen atoms in total. The summed E-state index contributed by atoms with van der Waals surface area (Å²) >= 11 is 5.90. The second kappa shape index (κ2) is 8.35. The van der Waals surface area contributed by atoms with Crippen LogP contribution in [0.1, 0.15) is 29.9 Å². The highest BCUT2D eigenvalue weighted by Crippen LogP contribution is 2.21. The number of benzene rings is 2. The van der Waals surface area contributed by atoms with E-state index < -0.39 is 11.6 Å². The first kappa shape index (κ1) is 20.8. The summed E-state index contributed by atoms with van der Waals surface area (Å²) in [6.45, 7) is 5.71. The van der Waals surface area contributed by atoms with Gasteiger partial charge in [-0.2, -0.15) is 10.2 Å². The number of nitrogens with zero attached hydrogens (tertiary/aromatic N) is 4. The average Bonchev–Trinajstić information content (AvgIpc) is 3.14. The van der Waals surface area contributed by atoms with Gasteiger partial charge in [0.2, 0.25) is 5.91 Å². The number of fused-ring (bicyclic) bond motifs is 1. The molecule has 0 fully saturated rings. The minimum atomic E-state index is -0.787. The number of amides is 1. The predicted molar refractivity (Wildman–Crippen MR) is 121 cm³/mol. The second-order valence-corrected chi connectivity index (χ2v) is 7.85. The lowest BCUT2D eigenvalue weighted by Gasteiger charge is -2.15. The zero-order valence-corrected chi connectivity index (χ0v) is 18.2. The summed E-state index contributed by atoms with van der Waals surface area (Å²) in [5.74, 6) is -0.303. The lowest BCUT2D eigenvalue weighted by atomic mass is 10.2. The van der Waals surface area contributed by atoms with Crippen molar-refractivity contribution in [3.8, 4) is 5.69 Å². The molecule has 0 aliphatic heterocycles. The van der Waals surface area contributed by atoms with Crippen LogP contribution < -0.4 is 10.9 Å². The second-order valence-electron chi connectivity index (χ2n) is 7.41. The Morgan fingerprint density at radius 3 is 2.42 bits per heavy atom. The van der Waals surface area contributed by atoms with Crippen LogP contribution in [0, 0.1) is 13.8 Å². The smallest absolute Gasteiger partial charge is 0.295 e. The molecule has 0 bridgehead atoms. The van der Waals surface area contributed by atoms with E-state index in [1.54, 1.807) is 23.7 Å². The van der Waals surface area contributed by atoms with E-state index in [0.717, 1.165) is 16.9 Å². The lowest BCUT2D eigenvalue weighted by Crippen LogP contribution is -2.37. The van der Waals surface area contributed by atoms with E-state index in [1.165, 1.54) is 4.68 Å². The fourth-order valence-electron chi connectivity index (χ4n) is 3.58. The summed E-state index contributed by atoms with van der Waals surface area (Å²) in [7, 11) is 0. The Labute approximate surface area is 184 Å². The first-order valence-corrected chi connectivity index (χ1v) is 10.3. The molecule has 1 unspecified atom stereocenters. The molecule has 158 valence electrons. The zero-order valence-electron chi connectivity index (χ0n) is 17.5. The number of hydrogen-bond acceptors (Lipinski definition) is 4. The molecule has 2 aromatic carbocycles. The Bertz CT molecular complexity index is 1310. The van der Waals surface area contributed by atoms with Gasteiger partial charge in [0.05, 0.1) is 22.5 Å². The number of aryl methyl sites for hydroxylation is 2. The van der Waals surface area contributed by atoms with Crippen LogP contribution in [-0.4, -0.2) is 25.5 Å². The molecule has 8 heteroatoms. The first-order valence-electron chi connectivity index (χ1n) is 9.93. The van der Waals surface area contributed by atoms with Gasteiger partial charge < -0.3 is 5.32 Å². The SMILES string of the molecule is Cc1nn(C(C)C(=O)NCc2ccc(Cl)cc2)c(=O)c2nn(-c3ccccc3)c(C)c12. The molecule has 4 aromatic rings. The fraction of sp³-hybridized carbons (Fsp3) is 0.217. The monoisotopic (exact) mass is 435 g/mol. The molecule has 0 radical (unpaired) electrons. The molecule has 2 heterocycles. The lowest BCUT2D eigenvalue weighted by molar-refractivity contribution is -0.124. The standard InChI is InChI=1S/C23H22ClN5O2/c1-14-20-15(2)28(19-7-5-4-6-8-19)27-21(20)23(31)29(26-14)16(3)22(30)25-13-17-9-11-18(24)12-10-17/h4-12,16H,13H2,1-3H3,(H,25,30).